The van der Waals surface area contributed by atoms with Crippen LogP contribution in [-0.2, 0) is 4.74 Å². The Kier molecular flexibility index (Phi) is 5.38. The molecule has 1 fully saturated rings. The summed E-state index contributed by atoms with van der Waals surface area (Å²) in [5.74, 6) is 0.770. The van der Waals surface area contributed by atoms with Crippen LogP contribution in [0.1, 0.15) is 17.3 Å². The molecule has 2 rings (SSSR count). The van der Waals surface area contributed by atoms with E-state index in [0.29, 0.717) is 30.6 Å². The summed E-state index contributed by atoms with van der Waals surface area (Å²) < 4.78 is 10.5. The highest BCUT2D eigenvalue weighted by Gasteiger charge is 2.21. The van der Waals surface area contributed by atoms with Crippen molar-refractivity contribution in [2.45, 2.75) is 13.0 Å². The van der Waals surface area contributed by atoms with Crippen LogP contribution in [0, 0.1) is 0 Å². The van der Waals surface area contributed by atoms with E-state index in [4.69, 9.17) is 9.47 Å². The van der Waals surface area contributed by atoms with Gasteiger partial charge in [0.25, 0.3) is 5.91 Å². The van der Waals surface area contributed by atoms with Gasteiger partial charge in [0, 0.05) is 38.3 Å². The minimum atomic E-state index is 0.0653. The molecule has 0 radical (unpaired) electrons. The van der Waals surface area contributed by atoms with E-state index in [2.05, 4.69) is 12.2 Å². The summed E-state index contributed by atoms with van der Waals surface area (Å²) in [6.07, 6.45) is 0. The number of carbonyl (C=O) groups is 1. The van der Waals surface area contributed by atoms with Crippen LogP contribution in [0.3, 0.4) is 0 Å². The number of nitrogens with one attached hydrogen (secondary N) is 1. The summed E-state index contributed by atoms with van der Waals surface area (Å²) >= 11 is 0. The Hall–Kier alpha value is -1.59. The molecule has 0 saturated carbocycles. The summed E-state index contributed by atoms with van der Waals surface area (Å²) in [6, 6.07) is 7.67. The molecule has 1 saturated heterocycles. The SMILES string of the molecule is COCCOc1cccc(C(=O)N2CCN[C@@H](C)C2)c1. The zero-order chi connectivity index (χ0) is 14.4. The largest absolute Gasteiger partial charge is 0.491 e. The van der Waals surface area contributed by atoms with Crippen LogP contribution in [0.2, 0.25) is 0 Å². The Morgan fingerprint density at radius 2 is 2.30 bits per heavy atom. The number of hydrogen-bond acceptors (Lipinski definition) is 4. The van der Waals surface area contributed by atoms with E-state index in [1.807, 2.05) is 23.1 Å². The number of benzene rings is 1. The Morgan fingerprint density at radius 1 is 1.45 bits per heavy atom. The zero-order valence-corrected chi connectivity index (χ0v) is 12.1. The van der Waals surface area contributed by atoms with Crippen LogP contribution < -0.4 is 10.1 Å². The van der Waals surface area contributed by atoms with E-state index < -0.39 is 0 Å². The van der Waals surface area contributed by atoms with E-state index in [9.17, 15) is 4.79 Å². The molecule has 5 heteroatoms. The summed E-state index contributed by atoms with van der Waals surface area (Å²) in [5.41, 5.74) is 0.675. The number of carbonyl (C=O) groups excluding carboxylic acids is 1. The second-order valence-electron chi connectivity index (χ2n) is 4.98. The maximum Gasteiger partial charge on any atom is 0.254 e. The highest BCUT2D eigenvalue weighted by Crippen LogP contribution is 2.16. The molecule has 1 aromatic rings. The van der Waals surface area contributed by atoms with Gasteiger partial charge in [-0.15, -0.1) is 0 Å². The lowest BCUT2D eigenvalue weighted by Crippen LogP contribution is -2.51. The third-order valence-corrected chi connectivity index (χ3v) is 3.29. The van der Waals surface area contributed by atoms with Crippen LogP contribution >= 0.6 is 0 Å². The molecule has 1 aliphatic heterocycles. The van der Waals surface area contributed by atoms with Crippen molar-refractivity contribution in [3.05, 3.63) is 29.8 Å². The van der Waals surface area contributed by atoms with Gasteiger partial charge in [-0.25, -0.2) is 0 Å². The first-order valence-electron chi connectivity index (χ1n) is 6.95. The number of amides is 1. The highest BCUT2D eigenvalue weighted by atomic mass is 16.5. The Morgan fingerprint density at radius 3 is 3.05 bits per heavy atom. The van der Waals surface area contributed by atoms with E-state index >= 15 is 0 Å². The summed E-state index contributed by atoms with van der Waals surface area (Å²) in [7, 11) is 1.63. The van der Waals surface area contributed by atoms with Gasteiger partial charge in [0.15, 0.2) is 0 Å². The molecule has 0 aromatic heterocycles. The first-order valence-corrected chi connectivity index (χ1v) is 6.95. The molecular weight excluding hydrogens is 256 g/mol. The second kappa shape index (κ2) is 7.26. The van der Waals surface area contributed by atoms with Gasteiger partial charge in [-0.05, 0) is 25.1 Å². The fraction of sp³-hybridized carbons (Fsp3) is 0.533. The number of methoxy groups -OCH3 is 1. The first kappa shape index (κ1) is 14.8. The van der Waals surface area contributed by atoms with Gasteiger partial charge >= 0.3 is 0 Å². The van der Waals surface area contributed by atoms with Crippen molar-refractivity contribution in [2.75, 3.05) is 40.0 Å². The molecular formula is C15H22N2O3. The zero-order valence-electron chi connectivity index (χ0n) is 12.1. The van der Waals surface area contributed by atoms with Crippen molar-refractivity contribution >= 4 is 5.91 Å². The Labute approximate surface area is 119 Å². The lowest BCUT2D eigenvalue weighted by atomic mass is 10.1. The predicted molar refractivity (Wildman–Crippen MR) is 77.2 cm³/mol. The van der Waals surface area contributed by atoms with Crippen molar-refractivity contribution in [1.82, 2.24) is 10.2 Å². The lowest BCUT2D eigenvalue weighted by Gasteiger charge is -2.32. The Bertz CT molecular complexity index is 450. The third-order valence-electron chi connectivity index (χ3n) is 3.29. The lowest BCUT2D eigenvalue weighted by molar-refractivity contribution is 0.0708. The van der Waals surface area contributed by atoms with Gasteiger partial charge in [-0.2, -0.15) is 0 Å². The summed E-state index contributed by atoms with van der Waals surface area (Å²) in [4.78, 5) is 14.3. The molecule has 1 atom stereocenters. The predicted octanol–water partition coefficient (Wildman–Crippen LogP) is 1.15. The fourth-order valence-corrected chi connectivity index (χ4v) is 2.26. The quantitative estimate of drug-likeness (QED) is 0.821. The second-order valence-corrected chi connectivity index (χ2v) is 4.98. The molecule has 1 N–H and O–H groups in total. The molecule has 1 amide bonds. The number of piperazine rings is 1. The van der Waals surface area contributed by atoms with Crippen LogP contribution in [0.5, 0.6) is 5.75 Å². The van der Waals surface area contributed by atoms with E-state index in [1.165, 1.54) is 0 Å². The topological polar surface area (TPSA) is 50.8 Å². The van der Waals surface area contributed by atoms with E-state index in [0.717, 1.165) is 19.6 Å². The van der Waals surface area contributed by atoms with Crippen molar-refractivity contribution in [3.63, 3.8) is 0 Å². The smallest absolute Gasteiger partial charge is 0.254 e. The van der Waals surface area contributed by atoms with Gasteiger partial charge in [0.05, 0.1) is 6.61 Å². The first-order chi connectivity index (χ1) is 9.70. The number of rotatable bonds is 5. The molecule has 1 heterocycles. The van der Waals surface area contributed by atoms with Crippen molar-refractivity contribution in [1.29, 1.82) is 0 Å². The maximum absolute atomic E-state index is 12.4. The van der Waals surface area contributed by atoms with Gasteiger partial charge in [-0.3, -0.25) is 4.79 Å². The van der Waals surface area contributed by atoms with E-state index in [-0.39, 0.29) is 5.91 Å². The minimum Gasteiger partial charge on any atom is -0.491 e. The normalized spacial score (nSPS) is 18.9. The van der Waals surface area contributed by atoms with Crippen LogP contribution in [0.25, 0.3) is 0 Å². The standard InChI is InChI=1S/C15H22N2O3/c1-12-11-17(7-6-16-12)15(18)13-4-3-5-14(10-13)20-9-8-19-2/h3-5,10,12,16H,6-9,11H2,1-2H3/t12-/m0/s1. The highest BCUT2D eigenvalue weighted by molar-refractivity contribution is 5.94. The van der Waals surface area contributed by atoms with Gasteiger partial charge in [0.1, 0.15) is 12.4 Å². The molecule has 1 aromatic carbocycles. The molecule has 110 valence electrons. The summed E-state index contributed by atoms with van der Waals surface area (Å²) in [5, 5.41) is 3.33. The molecule has 0 bridgehead atoms. The Balaban J connectivity index is 2.00. The molecule has 20 heavy (non-hydrogen) atoms. The average molecular weight is 278 g/mol. The third kappa shape index (κ3) is 3.95. The number of hydrogen-bond donors (Lipinski definition) is 1. The number of nitrogens with zero attached hydrogens (tertiary/aromatic N) is 1. The van der Waals surface area contributed by atoms with Crippen molar-refractivity contribution in [2.24, 2.45) is 0 Å². The minimum absolute atomic E-state index is 0.0653. The van der Waals surface area contributed by atoms with Crippen LogP contribution in [0.15, 0.2) is 24.3 Å². The van der Waals surface area contributed by atoms with Gasteiger partial charge in [-0.1, -0.05) is 6.07 Å². The molecule has 1 aliphatic rings. The summed E-state index contributed by atoms with van der Waals surface area (Å²) in [6.45, 7) is 5.44. The fourth-order valence-electron chi connectivity index (χ4n) is 2.26. The molecule has 0 unspecified atom stereocenters. The monoisotopic (exact) mass is 278 g/mol. The molecule has 0 spiro atoms. The average Bonchev–Trinajstić information content (AvgIpc) is 2.47. The van der Waals surface area contributed by atoms with E-state index in [1.54, 1.807) is 13.2 Å². The number of ether oxygens (including phenoxy) is 2. The molecule has 0 aliphatic carbocycles. The van der Waals surface area contributed by atoms with Crippen LogP contribution in [0.4, 0.5) is 0 Å². The van der Waals surface area contributed by atoms with Gasteiger partial charge < -0.3 is 19.7 Å². The van der Waals surface area contributed by atoms with Crippen molar-refractivity contribution in [3.8, 4) is 5.75 Å². The van der Waals surface area contributed by atoms with Gasteiger partial charge in [0.2, 0.25) is 0 Å². The van der Waals surface area contributed by atoms with Crippen LogP contribution in [-0.4, -0.2) is 56.8 Å². The van der Waals surface area contributed by atoms with Crippen molar-refractivity contribution < 1.29 is 14.3 Å². The maximum atomic E-state index is 12.4. The molecule has 5 nitrogen and oxygen atoms in total.